The van der Waals surface area contributed by atoms with Crippen LogP contribution in [0, 0.1) is 0 Å². The van der Waals surface area contributed by atoms with Gasteiger partial charge in [0.15, 0.2) is 0 Å². The summed E-state index contributed by atoms with van der Waals surface area (Å²) in [7, 11) is 0. The first-order valence-electron chi connectivity index (χ1n) is 8.81. The first-order valence-corrected chi connectivity index (χ1v) is 8.81. The van der Waals surface area contributed by atoms with Crippen LogP contribution in [0.3, 0.4) is 0 Å². The highest BCUT2D eigenvalue weighted by Crippen LogP contribution is 2.28. The van der Waals surface area contributed by atoms with Crippen LogP contribution in [0.25, 0.3) is 0 Å². The Balaban J connectivity index is 1.78. The molecule has 1 heterocycles. The Labute approximate surface area is 148 Å². The molecule has 0 spiro atoms. The molecular formula is C21H24N2O2. The van der Waals surface area contributed by atoms with E-state index in [0.29, 0.717) is 13.1 Å². The molecule has 2 aromatic rings. The minimum atomic E-state index is -0.278. The molecule has 1 aliphatic heterocycles. The van der Waals surface area contributed by atoms with E-state index >= 15 is 0 Å². The number of hydrogen-bond acceptors (Lipinski definition) is 2. The van der Waals surface area contributed by atoms with E-state index in [9.17, 15) is 9.59 Å². The van der Waals surface area contributed by atoms with E-state index in [1.165, 1.54) is 0 Å². The monoisotopic (exact) mass is 336 g/mol. The molecule has 0 saturated carbocycles. The van der Waals surface area contributed by atoms with Crippen molar-refractivity contribution in [2.45, 2.75) is 31.7 Å². The maximum absolute atomic E-state index is 13.3. The molecule has 1 aliphatic rings. The van der Waals surface area contributed by atoms with Gasteiger partial charge in [-0.1, -0.05) is 60.7 Å². The number of likely N-dealkylation sites (tertiary alicyclic amines) is 1. The average molecular weight is 336 g/mol. The minimum Gasteiger partial charge on any atom is -0.353 e. The molecule has 4 heteroatoms. The van der Waals surface area contributed by atoms with Crippen LogP contribution in [0.1, 0.15) is 36.8 Å². The van der Waals surface area contributed by atoms with Crippen LogP contribution in [0.5, 0.6) is 0 Å². The van der Waals surface area contributed by atoms with Crippen molar-refractivity contribution in [3.05, 3.63) is 71.8 Å². The first-order chi connectivity index (χ1) is 12.1. The van der Waals surface area contributed by atoms with Crippen molar-refractivity contribution in [3.63, 3.8) is 0 Å². The molecule has 4 nitrogen and oxygen atoms in total. The number of rotatable bonds is 4. The molecule has 3 rings (SSSR count). The lowest BCUT2D eigenvalue weighted by molar-refractivity contribution is -0.133. The van der Waals surface area contributed by atoms with Crippen LogP contribution in [0.15, 0.2) is 60.7 Å². The van der Waals surface area contributed by atoms with Crippen LogP contribution >= 0.6 is 0 Å². The van der Waals surface area contributed by atoms with Crippen molar-refractivity contribution in [1.82, 2.24) is 10.2 Å². The van der Waals surface area contributed by atoms with E-state index in [2.05, 4.69) is 5.32 Å². The summed E-state index contributed by atoms with van der Waals surface area (Å²) in [4.78, 5) is 26.4. The van der Waals surface area contributed by atoms with E-state index in [4.69, 9.17) is 0 Å². The highest BCUT2D eigenvalue weighted by atomic mass is 16.2. The Kier molecular flexibility index (Phi) is 5.49. The summed E-state index contributed by atoms with van der Waals surface area (Å²) in [6, 6.07) is 20.1. The number of piperidine rings is 1. The van der Waals surface area contributed by atoms with Crippen LogP contribution in [-0.4, -0.2) is 35.8 Å². The molecule has 2 aromatic carbocycles. The number of nitrogens with one attached hydrogen (secondary N) is 1. The van der Waals surface area contributed by atoms with Crippen molar-refractivity contribution in [1.29, 1.82) is 0 Å². The summed E-state index contributed by atoms with van der Waals surface area (Å²) in [5.41, 5.74) is 2.03. The normalized spacial score (nSPS) is 15.2. The second-order valence-electron chi connectivity index (χ2n) is 6.55. The summed E-state index contributed by atoms with van der Waals surface area (Å²) in [5.74, 6) is -0.144. The van der Waals surface area contributed by atoms with Gasteiger partial charge < -0.3 is 10.2 Å². The fourth-order valence-electron chi connectivity index (χ4n) is 3.48. The summed E-state index contributed by atoms with van der Waals surface area (Å²) in [5, 5.41) is 2.96. The maximum Gasteiger partial charge on any atom is 0.234 e. The van der Waals surface area contributed by atoms with E-state index < -0.39 is 0 Å². The van der Waals surface area contributed by atoms with E-state index in [-0.39, 0.29) is 23.8 Å². The first kappa shape index (κ1) is 17.2. The van der Waals surface area contributed by atoms with Crippen molar-refractivity contribution >= 4 is 11.8 Å². The lowest BCUT2D eigenvalue weighted by atomic mass is 9.89. The SMILES string of the molecule is CC(=O)NC1CCN(C(=O)C(c2ccccc2)c2ccccc2)CC1. The number of carbonyl (C=O) groups is 2. The van der Waals surface area contributed by atoms with Crippen LogP contribution in [0.2, 0.25) is 0 Å². The van der Waals surface area contributed by atoms with E-state index in [0.717, 1.165) is 24.0 Å². The fraction of sp³-hybridized carbons (Fsp3) is 0.333. The number of carbonyl (C=O) groups excluding carboxylic acids is 2. The van der Waals surface area contributed by atoms with Crippen LogP contribution in [0.4, 0.5) is 0 Å². The molecule has 2 amide bonds. The second-order valence-corrected chi connectivity index (χ2v) is 6.55. The third-order valence-electron chi connectivity index (χ3n) is 4.73. The predicted octanol–water partition coefficient (Wildman–Crippen LogP) is 2.95. The van der Waals surface area contributed by atoms with Gasteiger partial charge in [-0.3, -0.25) is 9.59 Å². The van der Waals surface area contributed by atoms with Crippen LogP contribution in [-0.2, 0) is 9.59 Å². The molecule has 130 valence electrons. The van der Waals surface area contributed by atoms with Crippen molar-refractivity contribution < 1.29 is 9.59 Å². The van der Waals surface area contributed by atoms with Crippen molar-refractivity contribution in [2.24, 2.45) is 0 Å². The molecule has 0 bridgehead atoms. The average Bonchev–Trinajstić information content (AvgIpc) is 2.64. The zero-order valence-electron chi connectivity index (χ0n) is 14.5. The van der Waals surface area contributed by atoms with Gasteiger partial charge in [-0.2, -0.15) is 0 Å². The van der Waals surface area contributed by atoms with Gasteiger partial charge in [-0.05, 0) is 24.0 Å². The Hall–Kier alpha value is -2.62. The quantitative estimate of drug-likeness (QED) is 0.933. The largest absolute Gasteiger partial charge is 0.353 e. The van der Waals surface area contributed by atoms with Gasteiger partial charge >= 0.3 is 0 Å². The molecule has 1 N–H and O–H groups in total. The molecule has 25 heavy (non-hydrogen) atoms. The standard InChI is InChI=1S/C21H24N2O2/c1-16(24)22-19-12-14-23(15-13-19)21(25)20(17-8-4-2-5-9-17)18-10-6-3-7-11-18/h2-11,19-20H,12-15H2,1H3,(H,22,24). The van der Waals surface area contributed by atoms with Gasteiger partial charge in [0.05, 0.1) is 5.92 Å². The Morgan fingerprint density at radius 2 is 1.40 bits per heavy atom. The van der Waals surface area contributed by atoms with Gasteiger partial charge in [-0.15, -0.1) is 0 Å². The third kappa shape index (κ3) is 4.27. The lowest BCUT2D eigenvalue weighted by Crippen LogP contribution is -2.47. The third-order valence-corrected chi connectivity index (χ3v) is 4.73. The van der Waals surface area contributed by atoms with Gasteiger partial charge in [0, 0.05) is 26.1 Å². The maximum atomic E-state index is 13.3. The Morgan fingerprint density at radius 1 is 0.920 bits per heavy atom. The lowest BCUT2D eigenvalue weighted by Gasteiger charge is -2.34. The van der Waals surface area contributed by atoms with Crippen LogP contribution < -0.4 is 5.32 Å². The van der Waals surface area contributed by atoms with Crippen molar-refractivity contribution in [3.8, 4) is 0 Å². The summed E-state index contributed by atoms with van der Waals surface area (Å²) in [6.45, 7) is 2.90. The zero-order valence-corrected chi connectivity index (χ0v) is 14.5. The molecule has 0 unspecified atom stereocenters. The summed E-state index contributed by atoms with van der Waals surface area (Å²) >= 11 is 0. The summed E-state index contributed by atoms with van der Waals surface area (Å²) < 4.78 is 0. The summed E-state index contributed by atoms with van der Waals surface area (Å²) in [6.07, 6.45) is 1.61. The smallest absolute Gasteiger partial charge is 0.234 e. The zero-order chi connectivity index (χ0) is 17.6. The minimum absolute atomic E-state index is 0.00350. The molecule has 0 radical (unpaired) electrons. The van der Waals surface area contributed by atoms with E-state index in [1.54, 1.807) is 6.92 Å². The molecule has 0 aromatic heterocycles. The highest BCUT2D eigenvalue weighted by molar-refractivity contribution is 5.87. The van der Waals surface area contributed by atoms with Gasteiger partial charge in [0.2, 0.25) is 11.8 Å². The van der Waals surface area contributed by atoms with Crippen molar-refractivity contribution in [2.75, 3.05) is 13.1 Å². The topological polar surface area (TPSA) is 49.4 Å². The highest BCUT2D eigenvalue weighted by Gasteiger charge is 2.30. The molecule has 0 aliphatic carbocycles. The Bertz CT molecular complexity index is 668. The van der Waals surface area contributed by atoms with Gasteiger partial charge in [-0.25, -0.2) is 0 Å². The van der Waals surface area contributed by atoms with E-state index in [1.807, 2.05) is 65.6 Å². The molecule has 1 saturated heterocycles. The number of nitrogens with zero attached hydrogens (tertiary/aromatic N) is 1. The second kappa shape index (κ2) is 7.97. The fourth-order valence-corrected chi connectivity index (χ4v) is 3.48. The van der Waals surface area contributed by atoms with Gasteiger partial charge in [0.1, 0.15) is 0 Å². The molecular weight excluding hydrogens is 312 g/mol. The Morgan fingerprint density at radius 3 is 1.84 bits per heavy atom. The predicted molar refractivity (Wildman–Crippen MR) is 98.1 cm³/mol. The molecule has 0 atom stereocenters. The van der Waals surface area contributed by atoms with Gasteiger partial charge in [0.25, 0.3) is 0 Å². The number of amides is 2. The number of hydrogen-bond donors (Lipinski definition) is 1. The molecule has 1 fully saturated rings. The number of benzene rings is 2.